The van der Waals surface area contributed by atoms with E-state index in [1.165, 1.54) is 12.1 Å². The number of halogens is 2. The lowest BCUT2D eigenvalue weighted by atomic mass is 10.2. The fourth-order valence-corrected chi connectivity index (χ4v) is 2.75. The number of anilines is 2. The van der Waals surface area contributed by atoms with Crippen molar-refractivity contribution in [1.29, 1.82) is 0 Å². The second kappa shape index (κ2) is 7.55. The molecule has 0 saturated carbocycles. The quantitative estimate of drug-likeness (QED) is 0.621. The molecule has 0 aliphatic carbocycles. The van der Waals surface area contributed by atoms with Crippen molar-refractivity contribution in [1.82, 2.24) is 9.78 Å². The number of hydrogen-bond donors (Lipinski definition) is 2. The number of nitrogens with one attached hydrogen (secondary N) is 2. The fraction of sp³-hybridized carbons (Fsp3) is 0.0588. The van der Waals surface area contributed by atoms with Gasteiger partial charge in [0.15, 0.2) is 5.11 Å². The lowest BCUT2D eigenvalue weighted by Crippen LogP contribution is -2.19. The van der Waals surface area contributed by atoms with Gasteiger partial charge in [0.25, 0.3) is 0 Å². The van der Waals surface area contributed by atoms with Crippen LogP contribution in [0.5, 0.6) is 0 Å². The van der Waals surface area contributed by atoms with Crippen molar-refractivity contribution in [3.63, 3.8) is 0 Å². The van der Waals surface area contributed by atoms with Gasteiger partial charge in [-0.15, -0.1) is 0 Å². The summed E-state index contributed by atoms with van der Waals surface area (Å²) in [6, 6.07) is 14.0. The summed E-state index contributed by atoms with van der Waals surface area (Å²) in [7, 11) is 0. The molecule has 0 aliphatic rings. The molecule has 24 heavy (non-hydrogen) atoms. The van der Waals surface area contributed by atoms with Crippen LogP contribution in [-0.4, -0.2) is 14.9 Å². The van der Waals surface area contributed by atoms with E-state index in [4.69, 9.17) is 12.2 Å². The molecule has 0 atom stereocenters. The van der Waals surface area contributed by atoms with Crippen molar-refractivity contribution >= 4 is 44.6 Å². The van der Waals surface area contributed by atoms with E-state index in [-0.39, 0.29) is 5.82 Å². The Morgan fingerprint density at radius 1 is 1.12 bits per heavy atom. The molecular formula is C17H14BrFN4S. The molecule has 0 fully saturated rings. The van der Waals surface area contributed by atoms with Crippen LogP contribution in [0.15, 0.2) is 65.4 Å². The van der Waals surface area contributed by atoms with E-state index >= 15 is 0 Å². The van der Waals surface area contributed by atoms with Crippen LogP contribution in [0, 0.1) is 5.82 Å². The van der Waals surface area contributed by atoms with Crippen LogP contribution >= 0.6 is 28.1 Å². The average Bonchev–Trinajstić information content (AvgIpc) is 2.95. The van der Waals surface area contributed by atoms with Crippen molar-refractivity contribution in [2.24, 2.45) is 0 Å². The van der Waals surface area contributed by atoms with Crippen molar-refractivity contribution in [3.8, 4) is 0 Å². The molecule has 4 nitrogen and oxygen atoms in total. The topological polar surface area (TPSA) is 41.9 Å². The maximum Gasteiger partial charge on any atom is 0.175 e. The molecule has 7 heteroatoms. The summed E-state index contributed by atoms with van der Waals surface area (Å²) in [6.07, 6.45) is 3.67. The Labute approximate surface area is 152 Å². The highest BCUT2D eigenvalue weighted by atomic mass is 79.9. The van der Waals surface area contributed by atoms with Crippen molar-refractivity contribution in [2.45, 2.75) is 6.54 Å². The van der Waals surface area contributed by atoms with E-state index in [1.807, 2.05) is 35.1 Å². The second-order valence-corrected chi connectivity index (χ2v) is 6.47. The monoisotopic (exact) mass is 404 g/mol. The summed E-state index contributed by atoms with van der Waals surface area (Å²) in [5, 5.41) is 10.8. The van der Waals surface area contributed by atoms with Crippen LogP contribution in [0.3, 0.4) is 0 Å². The molecule has 2 aromatic carbocycles. The summed E-state index contributed by atoms with van der Waals surface area (Å²) < 4.78 is 15.7. The second-order valence-electron chi connectivity index (χ2n) is 5.14. The first-order valence-electron chi connectivity index (χ1n) is 7.19. The van der Waals surface area contributed by atoms with Crippen LogP contribution < -0.4 is 10.6 Å². The molecule has 0 aliphatic heterocycles. The standard InChI is InChI=1S/C17H14BrFN4S/c18-13-9-20-23(11-13)10-12-2-1-3-16(8-12)22-17(24)21-15-6-4-14(19)5-7-15/h1-9,11H,10H2,(H2,21,22,24). The molecule has 3 aromatic rings. The van der Waals surface area contributed by atoms with Gasteiger partial charge in [-0.05, 0) is 70.1 Å². The van der Waals surface area contributed by atoms with Gasteiger partial charge in [0.05, 0.1) is 17.2 Å². The number of thiocarbonyl (C=S) groups is 1. The molecule has 0 saturated heterocycles. The van der Waals surface area contributed by atoms with E-state index in [0.29, 0.717) is 11.7 Å². The molecule has 2 N–H and O–H groups in total. The maximum atomic E-state index is 12.9. The Morgan fingerprint density at radius 3 is 2.58 bits per heavy atom. The van der Waals surface area contributed by atoms with Gasteiger partial charge in [0.1, 0.15) is 5.82 Å². The Hall–Kier alpha value is -2.25. The van der Waals surface area contributed by atoms with Crippen molar-refractivity contribution < 1.29 is 4.39 Å². The molecule has 0 radical (unpaired) electrons. The van der Waals surface area contributed by atoms with Crippen LogP contribution in [0.1, 0.15) is 5.56 Å². The fourth-order valence-electron chi connectivity index (χ4n) is 2.19. The Balaban J connectivity index is 1.63. The van der Waals surface area contributed by atoms with Gasteiger partial charge in [0, 0.05) is 17.6 Å². The van der Waals surface area contributed by atoms with Gasteiger partial charge in [0.2, 0.25) is 0 Å². The zero-order valence-electron chi connectivity index (χ0n) is 12.5. The highest BCUT2D eigenvalue weighted by Crippen LogP contribution is 2.15. The van der Waals surface area contributed by atoms with Gasteiger partial charge in [-0.3, -0.25) is 4.68 Å². The first-order chi connectivity index (χ1) is 11.6. The van der Waals surface area contributed by atoms with Gasteiger partial charge in [-0.1, -0.05) is 12.1 Å². The lowest BCUT2D eigenvalue weighted by molar-refractivity contribution is 0.628. The molecule has 3 rings (SSSR count). The van der Waals surface area contributed by atoms with Crippen LogP contribution in [0.4, 0.5) is 15.8 Å². The Morgan fingerprint density at radius 2 is 1.88 bits per heavy atom. The molecule has 122 valence electrons. The SMILES string of the molecule is Fc1ccc(NC(=S)Nc2cccc(Cn3cc(Br)cn3)c2)cc1. The minimum atomic E-state index is -0.280. The van der Waals surface area contributed by atoms with Crippen LogP contribution in [0.2, 0.25) is 0 Å². The summed E-state index contributed by atoms with van der Waals surface area (Å²) in [6.45, 7) is 0.666. The molecular weight excluding hydrogens is 391 g/mol. The smallest absolute Gasteiger partial charge is 0.175 e. The van der Waals surface area contributed by atoms with E-state index in [2.05, 4.69) is 31.7 Å². The minimum absolute atomic E-state index is 0.280. The predicted octanol–water partition coefficient (Wildman–Crippen LogP) is 4.64. The first-order valence-corrected chi connectivity index (χ1v) is 8.39. The predicted molar refractivity (Wildman–Crippen MR) is 102 cm³/mol. The van der Waals surface area contributed by atoms with Gasteiger partial charge in [-0.2, -0.15) is 5.10 Å². The van der Waals surface area contributed by atoms with Crippen LogP contribution in [0.25, 0.3) is 0 Å². The van der Waals surface area contributed by atoms with Gasteiger partial charge in [-0.25, -0.2) is 4.39 Å². The average molecular weight is 405 g/mol. The molecule has 0 unspecified atom stereocenters. The first kappa shape index (κ1) is 16.6. The number of hydrogen-bond acceptors (Lipinski definition) is 2. The number of rotatable bonds is 4. The highest BCUT2D eigenvalue weighted by molar-refractivity contribution is 9.10. The number of aromatic nitrogens is 2. The van der Waals surface area contributed by atoms with E-state index < -0.39 is 0 Å². The largest absolute Gasteiger partial charge is 0.332 e. The van der Waals surface area contributed by atoms with E-state index in [9.17, 15) is 4.39 Å². The number of benzene rings is 2. The third-order valence-electron chi connectivity index (χ3n) is 3.23. The lowest BCUT2D eigenvalue weighted by Gasteiger charge is -2.11. The zero-order chi connectivity index (χ0) is 16.9. The zero-order valence-corrected chi connectivity index (χ0v) is 14.9. The van der Waals surface area contributed by atoms with Crippen LogP contribution in [-0.2, 0) is 6.54 Å². The molecule has 0 spiro atoms. The molecule has 1 aromatic heterocycles. The summed E-state index contributed by atoms with van der Waals surface area (Å²) in [5.74, 6) is -0.280. The Bertz CT molecular complexity index is 848. The third kappa shape index (κ3) is 4.62. The van der Waals surface area contributed by atoms with Crippen molar-refractivity contribution in [3.05, 3.63) is 76.8 Å². The number of nitrogens with zero attached hydrogens (tertiary/aromatic N) is 2. The van der Waals surface area contributed by atoms with Gasteiger partial charge < -0.3 is 10.6 Å². The minimum Gasteiger partial charge on any atom is -0.332 e. The maximum absolute atomic E-state index is 12.9. The Kier molecular flexibility index (Phi) is 5.22. The molecule has 1 heterocycles. The highest BCUT2D eigenvalue weighted by Gasteiger charge is 2.02. The molecule has 0 amide bonds. The molecule has 0 bridgehead atoms. The normalized spacial score (nSPS) is 10.4. The summed E-state index contributed by atoms with van der Waals surface area (Å²) >= 11 is 8.67. The third-order valence-corrected chi connectivity index (χ3v) is 3.85. The van der Waals surface area contributed by atoms with E-state index in [1.54, 1.807) is 18.3 Å². The van der Waals surface area contributed by atoms with E-state index in [0.717, 1.165) is 21.4 Å². The van der Waals surface area contributed by atoms with Crippen molar-refractivity contribution in [2.75, 3.05) is 10.6 Å². The van der Waals surface area contributed by atoms with Gasteiger partial charge >= 0.3 is 0 Å². The summed E-state index contributed by atoms with van der Waals surface area (Å²) in [5.41, 5.74) is 2.70. The summed E-state index contributed by atoms with van der Waals surface area (Å²) in [4.78, 5) is 0.